The van der Waals surface area contributed by atoms with Crippen LogP contribution in [-0.2, 0) is 0 Å². The van der Waals surface area contributed by atoms with Crippen molar-refractivity contribution in [2.75, 3.05) is 0 Å². The molecule has 6 heterocycles. The summed E-state index contributed by atoms with van der Waals surface area (Å²) in [6.07, 6.45) is 10.8. The number of piperidine rings is 1. The van der Waals surface area contributed by atoms with Crippen LogP contribution in [0.4, 0.5) is 0 Å². The molecule has 1 unspecified atom stereocenters. The van der Waals surface area contributed by atoms with Gasteiger partial charge >= 0.3 is 0 Å². The summed E-state index contributed by atoms with van der Waals surface area (Å²) in [6.45, 7) is 0. The fourth-order valence-electron chi connectivity index (χ4n) is 5.66. The lowest BCUT2D eigenvalue weighted by Gasteiger charge is -2.29. The van der Waals surface area contributed by atoms with Gasteiger partial charge in [-0.05, 0) is 37.8 Å². The molecule has 0 saturated carbocycles. The second-order valence-corrected chi connectivity index (χ2v) is 9.13. The number of nitrogens with one attached hydrogen (secondary N) is 2. The van der Waals surface area contributed by atoms with Crippen LogP contribution in [0.1, 0.15) is 37.3 Å². The predicted octanol–water partition coefficient (Wildman–Crippen LogP) is 4.94. The van der Waals surface area contributed by atoms with Crippen LogP contribution in [0.3, 0.4) is 0 Å². The van der Waals surface area contributed by atoms with E-state index in [4.69, 9.17) is 9.97 Å². The first-order valence-electron chi connectivity index (χ1n) is 11.5. The molecule has 32 heavy (non-hydrogen) atoms. The van der Waals surface area contributed by atoms with Crippen molar-refractivity contribution in [1.29, 1.82) is 0 Å². The van der Waals surface area contributed by atoms with Gasteiger partial charge in [0.25, 0.3) is 0 Å². The standard InChI is InChI=1S/C26H24N6/c1-2-4-16(5-3-1)23-9-6-17(14-28-23)22-15-29-32-25-21(10-11-27-25)24(31-26(22)32)18-12-19-7-8-20(13-18)30-19/h1-6,9-11,14-15,18-20,27,30H,7-8,12-13H2/t18?,19-,20+. The maximum Gasteiger partial charge on any atom is 0.165 e. The van der Waals surface area contributed by atoms with Crippen LogP contribution in [0.15, 0.2) is 67.1 Å². The van der Waals surface area contributed by atoms with Crippen molar-refractivity contribution >= 4 is 16.7 Å². The van der Waals surface area contributed by atoms with Crippen LogP contribution < -0.4 is 5.32 Å². The lowest BCUT2D eigenvalue weighted by molar-refractivity contribution is 0.360. The quantitative estimate of drug-likeness (QED) is 0.434. The zero-order valence-corrected chi connectivity index (χ0v) is 17.7. The van der Waals surface area contributed by atoms with Crippen LogP contribution >= 0.6 is 0 Å². The first-order valence-corrected chi connectivity index (χ1v) is 11.5. The Morgan fingerprint density at radius 3 is 2.50 bits per heavy atom. The minimum absolute atomic E-state index is 0.485. The molecule has 2 fully saturated rings. The number of aromatic amines is 1. The number of aromatic nitrogens is 5. The molecule has 2 aliphatic rings. The van der Waals surface area contributed by atoms with Crippen LogP contribution in [0.5, 0.6) is 0 Å². The Balaban J connectivity index is 1.34. The monoisotopic (exact) mass is 420 g/mol. The van der Waals surface area contributed by atoms with E-state index in [9.17, 15) is 0 Å². The van der Waals surface area contributed by atoms with Crippen LogP contribution in [-0.4, -0.2) is 36.6 Å². The van der Waals surface area contributed by atoms with Gasteiger partial charge in [-0.15, -0.1) is 0 Å². The summed E-state index contributed by atoms with van der Waals surface area (Å²) in [6, 6.07) is 17.9. The summed E-state index contributed by atoms with van der Waals surface area (Å²) in [5.74, 6) is 0.485. The minimum atomic E-state index is 0.485. The molecule has 6 nitrogen and oxygen atoms in total. The Hall–Kier alpha value is -3.51. The summed E-state index contributed by atoms with van der Waals surface area (Å²) in [5.41, 5.74) is 7.28. The molecule has 5 aromatic rings. The molecule has 7 rings (SSSR count). The molecule has 0 spiro atoms. The van der Waals surface area contributed by atoms with Gasteiger partial charge in [0, 0.05) is 52.5 Å². The summed E-state index contributed by atoms with van der Waals surface area (Å²) >= 11 is 0. The first-order chi connectivity index (χ1) is 15.8. The highest BCUT2D eigenvalue weighted by Crippen LogP contribution is 2.39. The molecule has 2 bridgehead atoms. The number of nitrogens with zero attached hydrogens (tertiary/aromatic N) is 4. The number of hydrogen-bond acceptors (Lipinski definition) is 4. The molecular formula is C26H24N6. The Bertz CT molecular complexity index is 1400. The lowest BCUT2D eigenvalue weighted by Crippen LogP contribution is -2.37. The highest BCUT2D eigenvalue weighted by Gasteiger charge is 2.35. The van der Waals surface area contributed by atoms with Crippen molar-refractivity contribution in [3.63, 3.8) is 0 Å². The zero-order chi connectivity index (χ0) is 21.1. The smallest absolute Gasteiger partial charge is 0.165 e. The first kappa shape index (κ1) is 18.1. The number of pyridine rings is 1. The normalized spacial score (nSPS) is 22.7. The highest BCUT2D eigenvalue weighted by atomic mass is 15.3. The molecule has 2 N–H and O–H groups in total. The van der Waals surface area contributed by atoms with Gasteiger partial charge in [-0.3, -0.25) is 4.98 Å². The minimum Gasteiger partial charge on any atom is -0.346 e. The maximum absolute atomic E-state index is 5.24. The van der Waals surface area contributed by atoms with Crippen molar-refractivity contribution in [3.8, 4) is 22.4 Å². The van der Waals surface area contributed by atoms with E-state index in [0.717, 1.165) is 46.5 Å². The summed E-state index contributed by atoms with van der Waals surface area (Å²) in [4.78, 5) is 13.4. The Kier molecular flexibility index (Phi) is 3.96. The summed E-state index contributed by atoms with van der Waals surface area (Å²) < 4.78 is 1.94. The molecule has 0 amide bonds. The molecular weight excluding hydrogens is 396 g/mol. The van der Waals surface area contributed by atoms with Gasteiger partial charge in [0.05, 0.1) is 17.6 Å². The van der Waals surface area contributed by atoms with Crippen molar-refractivity contribution in [3.05, 3.63) is 72.8 Å². The van der Waals surface area contributed by atoms with Crippen molar-refractivity contribution in [2.45, 2.75) is 43.7 Å². The fourth-order valence-corrected chi connectivity index (χ4v) is 5.66. The molecule has 1 aromatic carbocycles. The van der Waals surface area contributed by atoms with Gasteiger partial charge in [0.15, 0.2) is 5.65 Å². The largest absolute Gasteiger partial charge is 0.346 e. The fraction of sp³-hybridized carbons (Fsp3) is 0.269. The molecule has 0 radical (unpaired) electrons. The van der Waals surface area contributed by atoms with E-state index in [-0.39, 0.29) is 0 Å². The number of benzene rings is 1. The highest BCUT2D eigenvalue weighted by molar-refractivity contribution is 5.86. The number of hydrogen-bond donors (Lipinski definition) is 2. The van der Waals surface area contributed by atoms with E-state index in [1.807, 2.05) is 41.3 Å². The van der Waals surface area contributed by atoms with Crippen LogP contribution in [0.2, 0.25) is 0 Å². The second kappa shape index (κ2) is 7.00. The molecule has 2 aliphatic heterocycles. The van der Waals surface area contributed by atoms with Crippen molar-refractivity contribution in [2.24, 2.45) is 0 Å². The van der Waals surface area contributed by atoms with E-state index in [1.54, 1.807) is 0 Å². The van der Waals surface area contributed by atoms with Gasteiger partial charge in [0.2, 0.25) is 0 Å². The molecule has 3 atom stereocenters. The third-order valence-corrected chi connectivity index (χ3v) is 7.19. The SMILES string of the molecule is c1ccc(-c2ccc(-c3cnn4c3nc(C3C[C@H]5CC[C@@H](C3)N5)c3cc[nH]c34)cn2)cc1. The molecule has 2 saturated heterocycles. The van der Waals surface area contributed by atoms with Crippen molar-refractivity contribution in [1.82, 2.24) is 29.9 Å². The van der Waals surface area contributed by atoms with E-state index in [2.05, 4.69) is 45.7 Å². The van der Waals surface area contributed by atoms with Gasteiger partial charge < -0.3 is 10.3 Å². The Labute approximate surface area is 185 Å². The summed E-state index contributed by atoms with van der Waals surface area (Å²) in [7, 11) is 0. The lowest BCUT2D eigenvalue weighted by atomic mass is 9.88. The zero-order valence-electron chi connectivity index (χ0n) is 17.7. The van der Waals surface area contributed by atoms with Crippen LogP contribution in [0.25, 0.3) is 39.1 Å². The number of rotatable bonds is 3. The van der Waals surface area contributed by atoms with E-state index >= 15 is 0 Å². The van der Waals surface area contributed by atoms with Gasteiger partial charge in [-0.2, -0.15) is 9.61 Å². The number of H-pyrrole nitrogens is 1. The second-order valence-electron chi connectivity index (χ2n) is 9.13. The average Bonchev–Trinajstić information content (AvgIpc) is 3.57. The van der Waals surface area contributed by atoms with Crippen molar-refractivity contribution < 1.29 is 0 Å². The molecule has 158 valence electrons. The number of fused-ring (bicyclic) bond motifs is 5. The molecule has 6 heteroatoms. The molecule has 4 aromatic heterocycles. The van der Waals surface area contributed by atoms with Crippen LogP contribution in [0, 0.1) is 0 Å². The molecule has 0 aliphatic carbocycles. The van der Waals surface area contributed by atoms with Gasteiger partial charge in [-0.1, -0.05) is 36.4 Å². The topological polar surface area (TPSA) is 70.9 Å². The average molecular weight is 421 g/mol. The maximum atomic E-state index is 5.24. The van der Waals surface area contributed by atoms with E-state index < -0.39 is 0 Å². The Morgan fingerprint density at radius 2 is 1.72 bits per heavy atom. The van der Waals surface area contributed by atoms with E-state index in [1.165, 1.54) is 23.9 Å². The van der Waals surface area contributed by atoms with Gasteiger partial charge in [0.1, 0.15) is 5.65 Å². The Morgan fingerprint density at radius 1 is 0.875 bits per heavy atom. The summed E-state index contributed by atoms with van der Waals surface area (Å²) in [5, 5.41) is 9.64. The third kappa shape index (κ3) is 2.79. The van der Waals surface area contributed by atoms with Gasteiger partial charge in [-0.25, -0.2) is 4.98 Å². The predicted molar refractivity (Wildman–Crippen MR) is 125 cm³/mol. The third-order valence-electron chi connectivity index (χ3n) is 7.19. The van der Waals surface area contributed by atoms with E-state index in [0.29, 0.717) is 18.0 Å².